The molecule has 0 aromatic heterocycles. The zero-order valence-electron chi connectivity index (χ0n) is 13.7. The van der Waals surface area contributed by atoms with E-state index in [1.54, 1.807) is 0 Å². The lowest BCUT2D eigenvalue weighted by atomic mass is 9.84. The van der Waals surface area contributed by atoms with Crippen LogP contribution in [0.2, 0.25) is 0 Å². The van der Waals surface area contributed by atoms with Crippen LogP contribution in [0.25, 0.3) is 0 Å². The molecule has 24 heavy (non-hydrogen) atoms. The van der Waals surface area contributed by atoms with Gasteiger partial charge in [0.1, 0.15) is 5.60 Å². The van der Waals surface area contributed by atoms with E-state index in [0.717, 1.165) is 42.0 Å². The first-order chi connectivity index (χ1) is 11.7. The van der Waals surface area contributed by atoms with Crippen LogP contribution in [-0.4, -0.2) is 19.1 Å². The number of nitrogens with one attached hydrogen (secondary N) is 1. The van der Waals surface area contributed by atoms with Gasteiger partial charge in [0.2, 0.25) is 0 Å². The number of hydrogen-bond acceptors (Lipinski definition) is 4. The van der Waals surface area contributed by atoms with E-state index in [-0.39, 0.29) is 5.97 Å². The molecule has 1 fully saturated rings. The number of piperidine rings is 1. The van der Waals surface area contributed by atoms with Crippen molar-refractivity contribution < 1.29 is 9.53 Å². The molecule has 4 heteroatoms. The summed E-state index contributed by atoms with van der Waals surface area (Å²) in [7, 11) is 0. The van der Waals surface area contributed by atoms with Crippen molar-refractivity contribution in [3.05, 3.63) is 65.7 Å². The number of aryl methyl sites for hydroxylation is 1. The second-order valence-electron chi connectivity index (χ2n) is 6.25. The van der Waals surface area contributed by atoms with Gasteiger partial charge < -0.3 is 10.1 Å². The van der Waals surface area contributed by atoms with Crippen LogP contribution in [0.4, 0.5) is 0 Å². The minimum absolute atomic E-state index is 0.129. The Morgan fingerprint density at radius 3 is 2.38 bits per heavy atom. The van der Waals surface area contributed by atoms with Gasteiger partial charge in [-0.25, -0.2) is 0 Å². The summed E-state index contributed by atoms with van der Waals surface area (Å²) in [6, 6.07) is 18.0. The van der Waals surface area contributed by atoms with Crippen LogP contribution in [0.15, 0.2) is 59.5 Å². The summed E-state index contributed by atoms with van der Waals surface area (Å²) in [5.41, 5.74) is 1.74. The van der Waals surface area contributed by atoms with E-state index in [9.17, 15) is 4.79 Å². The quantitative estimate of drug-likeness (QED) is 0.643. The van der Waals surface area contributed by atoms with Crippen molar-refractivity contribution in [1.29, 1.82) is 0 Å². The Kier molecular flexibility index (Phi) is 5.59. The molecule has 1 aliphatic rings. The van der Waals surface area contributed by atoms with Gasteiger partial charge in [-0.05, 0) is 42.8 Å². The van der Waals surface area contributed by atoms with Crippen LogP contribution >= 0.6 is 12.6 Å². The molecule has 3 nitrogen and oxygen atoms in total. The highest BCUT2D eigenvalue weighted by molar-refractivity contribution is 7.80. The summed E-state index contributed by atoms with van der Waals surface area (Å²) in [4.78, 5) is 13.4. The first-order valence-corrected chi connectivity index (χ1v) is 8.89. The molecule has 0 unspecified atom stereocenters. The second kappa shape index (κ2) is 7.86. The van der Waals surface area contributed by atoms with Gasteiger partial charge in [0, 0.05) is 24.2 Å². The van der Waals surface area contributed by atoms with E-state index in [0.29, 0.717) is 12.8 Å². The zero-order valence-corrected chi connectivity index (χ0v) is 14.6. The zero-order chi connectivity index (χ0) is 16.8. The van der Waals surface area contributed by atoms with Gasteiger partial charge >= 0.3 is 5.97 Å². The minimum atomic E-state index is -0.488. The molecule has 0 radical (unpaired) electrons. The number of carbonyl (C=O) groups is 1. The Balaban J connectivity index is 1.66. The highest BCUT2D eigenvalue weighted by atomic mass is 32.1. The van der Waals surface area contributed by atoms with Crippen molar-refractivity contribution >= 4 is 18.6 Å². The molecule has 0 saturated carbocycles. The lowest BCUT2D eigenvalue weighted by molar-refractivity contribution is -0.164. The van der Waals surface area contributed by atoms with Crippen LogP contribution < -0.4 is 5.32 Å². The van der Waals surface area contributed by atoms with Gasteiger partial charge in [0.05, 0.1) is 0 Å². The van der Waals surface area contributed by atoms with Crippen LogP contribution in [0.1, 0.15) is 30.4 Å². The number of thiol groups is 1. The van der Waals surface area contributed by atoms with Crippen molar-refractivity contribution in [1.82, 2.24) is 5.32 Å². The highest BCUT2D eigenvalue weighted by Gasteiger charge is 2.37. The lowest BCUT2D eigenvalue weighted by Gasteiger charge is -2.37. The third-order valence-corrected chi connectivity index (χ3v) is 4.87. The fourth-order valence-electron chi connectivity index (χ4n) is 3.20. The molecular weight excluding hydrogens is 318 g/mol. The topological polar surface area (TPSA) is 38.3 Å². The molecule has 1 aliphatic heterocycles. The second-order valence-corrected chi connectivity index (χ2v) is 6.77. The van der Waals surface area contributed by atoms with Crippen molar-refractivity contribution in [3.8, 4) is 0 Å². The Hall–Kier alpha value is -1.78. The number of esters is 1. The molecule has 0 amide bonds. The maximum Gasteiger partial charge on any atom is 0.307 e. The Labute approximate surface area is 148 Å². The first-order valence-electron chi connectivity index (χ1n) is 8.44. The van der Waals surface area contributed by atoms with E-state index >= 15 is 0 Å². The monoisotopic (exact) mass is 341 g/mol. The molecule has 3 rings (SSSR count). The van der Waals surface area contributed by atoms with Gasteiger partial charge in [-0.15, -0.1) is 12.6 Å². The maximum absolute atomic E-state index is 12.5. The first kappa shape index (κ1) is 17.1. The number of benzene rings is 2. The van der Waals surface area contributed by atoms with E-state index in [2.05, 4.69) is 30.1 Å². The largest absolute Gasteiger partial charge is 0.454 e. The summed E-state index contributed by atoms with van der Waals surface area (Å²) >= 11 is 4.28. The molecule has 1 saturated heterocycles. The third kappa shape index (κ3) is 4.19. The number of carbonyl (C=O) groups excluding carboxylic acids is 1. The highest BCUT2D eigenvalue weighted by Crippen LogP contribution is 2.35. The van der Waals surface area contributed by atoms with E-state index in [1.807, 2.05) is 42.5 Å². The molecule has 0 bridgehead atoms. The van der Waals surface area contributed by atoms with E-state index in [4.69, 9.17) is 4.74 Å². The average molecular weight is 341 g/mol. The van der Waals surface area contributed by atoms with Gasteiger partial charge in [0.25, 0.3) is 0 Å². The Morgan fingerprint density at radius 2 is 1.71 bits per heavy atom. The summed E-state index contributed by atoms with van der Waals surface area (Å²) in [6.07, 6.45) is 2.72. The van der Waals surface area contributed by atoms with E-state index < -0.39 is 5.60 Å². The third-order valence-electron chi connectivity index (χ3n) is 4.57. The number of rotatable bonds is 5. The van der Waals surface area contributed by atoms with Crippen molar-refractivity contribution in [2.75, 3.05) is 13.1 Å². The van der Waals surface area contributed by atoms with Gasteiger partial charge in [-0.3, -0.25) is 4.79 Å². The van der Waals surface area contributed by atoms with Gasteiger partial charge in [-0.1, -0.05) is 42.5 Å². The minimum Gasteiger partial charge on any atom is -0.454 e. The summed E-state index contributed by atoms with van der Waals surface area (Å²) in [6.45, 7) is 1.73. The maximum atomic E-state index is 12.5. The molecule has 1 heterocycles. The van der Waals surface area contributed by atoms with Crippen LogP contribution in [0, 0.1) is 0 Å². The molecular formula is C20H23NO2S. The fourth-order valence-corrected chi connectivity index (χ4v) is 3.35. The molecule has 1 N–H and O–H groups in total. The van der Waals surface area contributed by atoms with Crippen molar-refractivity contribution in [2.24, 2.45) is 0 Å². The normalized spacial score (nSPS) is 16.5. The van der Waals surface area contributed by atoms with Crippen LogP contribution in [0.5, 0.6) is 0 Å². The van der Waals surface area contributed by atoms with E-state index in [1.165, 1.54) is 0 Å². The molecule has 2 aromatic rings. The SMILES string of the molecule is O=C(CCc1ccc(S)cc1)OC1(c2ccccc2)CCNCC1. The summed E-state index contributed by atoms with van der Waals surface area (Å²) in [5, 5.41) is 3.35. The molecule has 126 valence electrons. The van der Waals surface area contributed by atoms with Crippen LogP contribution in [-0.2, 0) is 21.6 Å². The smallest absolute Gasteiger partial charge is 0.307 e. The molecule has 0 spiro atoms. The number of ether oxygens (including phenoxy) is 1. The molecule has 2 aromatic carbocycles. The molecule has 0 aliphatic carbocycles. The van der Waals surface area contributed by atoms with Gasteiger partial charge in [0.15, 0.2) is 0 Å². The summed E-state index contributed by atoms with van der Waals surface area (Å²) in [5.74, 6) is -0.129. The van der Waals surface area contributed by atoms with Crippen LogP contribution in [0.3, 0.4) is 0 Å². The predicted molar refractivity (Wildman–Crippen MR) is 98.3 cm³/mol. The molecule has 0 atom stereocenters. The van der Waals surface area contributed by atoms with Gasteiger partial charge in [-0.2, -0.15) is 0 Å². The summed E-state index contributed by atoms with van der Waals surface area (Å²) < 4.78 is 6.02. The fraction of sp³-hybridized carbons (Fsp3) is 0.350. The average Bonchev–Trinajstić information content (AvgIpc) is 2.63. The standard InChI is InChI=1S/C20H23NO2S/c22-19(11-8-16-6-9-18(24)10-7-16)23-20(12-14-21-15-13-20)17-4-2-1-3-5-17/h1-7,9-10,21,24H,8,11-15H2. The van der Waals surface area contributed by atoms with Crippen molar-refractivity contribution in [3.63, 3.8) is 0 Å². The Morgan fingerprint density at radius 1 is 1.04 bits per heavy atom. The lowest BCUT2D eigenvalue weighted by Crippen LogP contribution is -2.43. The Bertz CT molecular complexity index is 664. The predicted octanol–water partition coefficient (Wildman–Crippen LogP) is 3.73. The number of hydrogen-bond donors (Lipinski definition) is 2. The van der Waals surface area contributed by atoms with Crippen molar-refractivity contribution in [2.45, 2.75) is 36.2 Å².